The molecule has 1 aromatic heterocycles. The van der Waals surface area contributed by atoms with Gasteiger partial charge in [-0.05, 0) is 0 Å². The van der Waals surface area contributed by atoms with Crippen molar-refractivity contribution in [3.05, 3.63) is 11.9 Å². The second-order valence-corrected chi connectivity index (χ2v) is 5.92. The fraction of sp³-hybridized carbons (Fsp3) is 0.667. The van der Waals surface area contributed by atoms with Crippen LogP contribution in [0.15, 0.2) is 16.4 Å². The van der Waals surface area contributed by atoms with Crippen LogP contribution in [0.3, 0.4) is 0 Å². The van der Waals surface area contributed by atoms with Gasteiger partial charge in [0.25, 0.3) is 5.91 Å². The molecule has 3 rings (SSSR count). The summed E-state index contributed by atoms with van der Waals surface area (Å²) in [6.45, 7) is 3.36. The fourth-order valence-corrected chi connectivity index (χ4v) is 2.57. The van der Waals surface area contributed by atoms with Crippen molar-refractivity contribution in [1.82, 2.24) is 25.6 Å². The van der Waals surface area contributed by atoms with Crippen molar-refractivity contribution in [2.24, 2.45) is 10.2 Å². The lowest BCUT2D eigenvalue weighted by Crippen LogP contribution is -2.40. The number of rotatable bonds is 8. The van der Waals surface area contributed by atoms with E-state index in [4.69, 9.17) is 11.2 Å². The quantitative estimate of drug-likeness (QED) is 0.650. The van der Waals surface area contributed by atoms with Gasteiger partial charge in [-0.2, -0.15) is 10.2 Å². The van der Waals surface area contributed by atoms with Crippen LogP contribution in [0.4, 0.5) is 0 Å². The Labute approximate surface area is 140 Å². The number of nitrogens with zero attached hydrogens (tertiary/aromatic N) is 5. The second-order valence-electron chi connectivity index (χ2n) is 5.92. The number of aromatic nitrogens is 3. The molecule has 1 amide bonds. The molecule has 9 heteroatoms. The molecule has 9 nitrogen and oxygen atoms in total. The van der Waals surface area contributed by atoms with E-state index < -0.39 is 0 Å². The summed E-state index contributed by atoms with van der Waals surface area (Å²) in [5.41, 5.74) is -0.0936. The van der Waals surface area contributed by atoms with E-state index in [-0.39, 0.29) is 17.7 Å². The number of ether oxygens (including phenoxy) is 1. The van der Waals surface area contributed by atoms with Crippen molar-refractivity contribution in [3.63, 3.8) is 0 Å². The SMILES string of the molecule is C#CCCC1(CCNC(=O)c2cn(CC3CNCCO3)nn2)N=N1. The van der Waals surface area contributed by atoms with Crippen molar-refractivity contribution in [1.29, 1.82) is 0 Å². The van der Waals surface area contributed by atoms with E-state index in [9.17, 15) is 4.79 Å². The highest BCUT2D eigenvalue weighted by Gasteiger charge is 2.38. The summed E-state index contributed by atoms with van der Waals surface area (Å²) >= 11 is 0. The number of terminal acetylenes is 1. The molecular formula is C15H21N7O2. The highest BCUT2D eigenvalue weighted by atomic mass is 16.5. The lowest BCUT2D eigenvalue weighted by Gasteiger charge is -2.23. The van der Waals surface area contributed by atoms with Gasteiger partial charge in [0.2, 0.25) is 0 Å². The van der Waals surface area contributed by atoms with Gasteiger partial charge in [0.1, 0.15) is 0 Å². The molecule has 1 unspecified atom stereocenters. The maximum atomic E-state index is 12.1. The van der Waals surface area contributed by atoms with Crippen molar-refractivity contribution in [3.8, 4) is 12.3 Å². The highest BCUT2D eigenvalue weighted by molar-refractivity contribution is 5.91. The smallest absolute Gasteiger partial charge is 0.273 e. The van der Waals surface area contributed by atoms with Crippen molar-refractivity contribution >= 4 is 5.91 Å². The first-order valence-corrected chi connectivity index (χ1v) is 8.09. The van der Waals surface area contributed by atoms with Crippen LogP contribution in [0.2, 0.25) is 0 Å². The summed E-state index contributed by atoms with van der Waals surface area (Å²) in [4.78, 5) is 12.1. The molecule has 0 saturated carbocycles. The van der Waals surface area contributed by atoms with Gasteiger partial charge >= 0.3 is 0 Å². The molecule has 1 atom stereocenters. The number of carbonyl (C=O) groups excluding carboxylic acids is 1. The molecule has 3 heterocycles. The zero-order valence-corrected chi connectivity index (χ0v) is 13.4. The van der Waals surface area contributed by atoms with E-state index in [2.05, 4.69) is 37.1 Å². The van der Waals surface area contributed by atoms with Gasteiger partial charge in [-0.25, -0.2) is 4.68 Å². The molecular weight excluding hydrogens is 310 g/mol. The Hall–Kier alpha value is -2.31. The molecule has 2 N–H and O–H groups in total. The topological polar surface area (TPSA) is 106 Å². The lowest BCUT2D eigenvalue weighted by molar-refractivity contribution is 0.0158. The largest absolute Gasteiger partial charge is 0.374 e. The number of nitrogens with one attached hydrogen (secondary N) is 2. The molecule has 128 valence electrons. The van der Waals surface area contributed by atoms with Crippen molar-refractivity contribution in [2.75, 3.05) is 26.2 Å². The normalized spacial score (nSPS) is 21.2. The molecule has 2 aliphatic rings. The maximum absolute atomic E-state index is 12.1. The van der Waals surface area contributed by atoms with Crippen LogP contribution in [0.25, 0.3) is 0 Å². The minimum Gasteiger partial charge on any atom is -0.374 e. The maximum Gasteiger partial charge on any atom is 0.273 e. The van der Waals surface area contributed by atoms with Crippen LogP contribution in [-0.4, -0.2) is 58.9 Å². The Morgan fingerprint density at radius 1 is 1.54 bits per heavy atom. The number of carbonyl (C=O) groups is 1. The Balaban J connectivity index is 1.41. The van der Waals surface area contributed by atoms with Crippen molar-refractivity contribution in [2.45, 2.75) is 37.6 Å². The van der Waals surface area contributed by atoms with Crippen molar-refractivity contribution < 1.29 is 9.53 Å². The number of morpholine rings is 1. The van der Waals surface area contributed by atoms with Crippen LogP contribution in [0.1, 0.15) is 29.8 Å². The van der Waals surface area contributed by atoms with Crippen LogP contribution in [0, 0.1) is 12.3 Å². The highest BCUT2D eigenvalue weighted by Crippen LogP contribution is 2.35. The molecule has 0 radical (unpaired) electrons. The predicted molar refractivity (Wildman–Crippen MR) is 85.2 cm³/mol. The molecule has 1 saturated heterocycles. The van der Waals surface area contributed by atoms with Gasteiger partial charge in [0.15, 0.2) is 11.4 Å². The Kier molecular flexibility index (Phi) is 5.17. The van der Waals surface area contributed by atoms with Gasteiger partial charge in [-0.1, -0.05) is 5.21 Å². The van der Waals surface area contributed by atoms with E-state index in [1.54, 1.807) is 10.9 Å². The standard InChI is InChI=1S/C15H21N7O2/c1-2-3-4-15(19-20-15)5-6-17-14(23)13-11-22(21-18-13)10-12-9-16-7-8-24-12/h1,11-12,16H,3-10H2,(H,17,23). The Morgan fingerprint density at radius 2 is 2.42 bits per heavy atom. The van der Waals surface area contributed by atoms with Gasteiger partial charge in [-0.3, -0.25) is 4.79 Å². The van der Waals surface area contributed by atoms with E-state index in [1.807, 2.05) is 0 Å². The summed E-state index contributed by atoms with van der Waals surface area (Å²) in [7, 11) is 0. The minimum atomic E-state index is -0.386. The zero-order chi connectivity index (χ0) is 16.8. The van der Waals surface area contributed by atoms with Gasteiger partial charge in [-0.15, -0.1) is 17.4 Å². The third-order valence-electron chi connectivity index (χ3n) is 4.03. The molecule has 0 aromatic carbocycles. The van der Waals surface area contributed by atoms with E-state index in [1.165, 1.54) is 0 Å². The summed E-state index contributed by atoms with van der Waals surface area (Å²) in [5, 5.41) is 22.0. The molecule has 0 aliphatic carbocycles. The molecule has 2 aliphatic heterocycles. The van der Waals surface area contributed by atoms with Crippen LogP contribution in [0.5, 0.6) is 0 Å². The average Bonchev–Trinajstić information content (AvgIpc) is 3.21. The molecule has 24 heavy (non-hydrogen) atoms. The van der Waals surface area contributed by atoms with Crippen LogP contribution in [-0.2, 0) is 11.3 Å². The van der Waals surface area contributed by atoms with E-state index >= 15 is 0 Å². The molecule has 1 fully saturated rings. The summed E-state index contributed by atoms with van der Waals surface area (Å²) in [6.07, 6.45) is 8.94. The van der Waals surface area contributed by atoms with Gasteiger partial charge in [0.05, 0.1) is 25.5 Å². The number of hydrogen-bond acceptors (Lipinski definition) is 7. The minimum absolute atomic E-state index is 0.0467. The number of amides is 1. The Morgan fingerprint density at radius 3 is 3.12 bits per heavy atom. The monoisotopic (exact) mass is 331 g/mol. The van der Waals surface area contributed by atoms with Crippen LogP contribution >= 0.6 is 0 Å². The summed E-state index contributed by atoms with van der Waals surface area (Å²) < 4.78 is 7.24. The molecule has 0 bridgehead atoms. The van der Waals surface area contributed by atoms with E-state index in [0.29, 0.717) is 38.2 Å². The second kappa shape index (κ2) is 7.51. The predicted octanol–water partition coefficient (Wildman–Crippen LogP) is -0.0381. The molecule has 0 spiro atoms. The number of hydrogen-bond donors (Lipinski definition) is 2. The lowest BCUT2D eigenvalue weighted by atomic mass is 10.0. The third-order valence-corrected chi connectivity index (χ3v) is 4.03. The third kappa shape index (κ3) is 4.37. The average molecular weight is 331 g/mol. The summed E-state index contributed by atoms with van der Waals surface area (Å²) in [5.74, 6) is 2.33. The first kappa shape index (κ1) is 16.5. The van der Waals surface area contributed by atoms with Crippen LogP contribution < -0.4 is 10.6 Å². The first-order chi connectivity index (χ1) is 11.7. The summed E-state index contributed by atoms with van der Waals surface area (Å²) in [6, 6.07) is 0. The zero-order valence-electron chi connectivity index (χ0n) is 13.4. The molecule has 1 aromatic rings. The van der Waals surface area contributed by atoms with Gasteiger partial charge < -0.3 is 15.4 Å². The first-order valence-electron chi connectivity index (χ1n) is 8.09. The fourth-order valence-electron chi connectivity index (χ4n) is 2.57. The Bertz CT molecular complexity index is 636. The van der Waals surface area contributed by atoms with Gasteiger partial charge in [0, 0.05) is 38.9 Å². The van der Waals surface area contributed by atoms with E-state index in [0.717, 1.165) is 19.5 Å².